The Labute approximate surface area is 149 Å². The van der Waals surface area contributed by atoms with Gasteiger partial charge in [-0.25, -0.2) is 0 Å². The molecular weight excluding hydrogens is 310 g/mol. The van der Waals surface area contributed by atoms with Crippen LogP contribution in [-0.2, 0) is 11.2 Å². The average molecular weight is 337 g/mol. The zero-order valence-electron chi connectivity index (χ0n) is 14.9. The molecule has 2 N–H and O–H groups in total. The summed E-state index contributed by atoms with van der Waals surface area (Å²) in [6, 6.07) is 7.01. The van der Waals surface area contributed by atoms with Crippen molar-refractivity contribution in [2.45, 2.75) is 38.1 Å². The Morgan fingerprint density at radius 2 is 2.36 bits per heavy atom. The standard InChI is InChI=1S/C21H27N3O/c1-3-8-22-21(25)15-10-17-16-6-5-7-18-20(16)14(12-23-18)11-19(17)24(13-15)9-4-2/h4-7,12,15,17,19,23H,2-3,8-11,13H2,1H3,(H,22,25)/t15?,17-,19-/m1/s1. The zero-order chi connectivity index (χ0) is 17.4. The van der Waals surface area contributed by atoms with Crippen LogP contribution >= 0.6 is 0 Å². The third-order valence-corrected chi connectivity index (χ3v) is 5.86. The first kappa shape index (κ1) is 16.4. The minimum absolute atomic E-state index is 0.0588. The van der Waals surface area contributed by atoms with Crippen molar-refractivity contribution >= 4 is 16.8 Å². The highest BCUT2D eigenvalue weighted by Gasteiger charge is 2.42. The lowest BCUT2D eigenvalue weighted by Crippen LogP contribution is -2.53. The fourth-order valence-electron chi connectivity index (χ4n) is 4.76. The summed E-state index contributed by atoms with van der Waals surface area (Å²) < 4.78 is 0. The first-order valence-corrected chi connectivity index (χ1v) is 9.44. The minimum atomic E-state index is 0.0588. The Balaban J connectivity index is 1.69. The van der Waals surface area contributed by atoms with Crippen molar-refractivity contribution in [3.8, 4) is 0 Å². The first-order valence-electron chi connectivity index (χ1n) is 9.44. The quantitative estimate of drug-likeness (QED) is 0.823. The van der Waals surface area contributed by atoms with E-state index in [1.165, 1.54) is 22.0 Å². The molecule has 1 amide bonds. The van der Waals surface area contributed by atoms with E-state index in [2.05, 4.69) is 53.1 Å². The summed E-state index contributed by atoms with van der Waals surface area (Å²) in [5.74, 6) is 0.683. The van der Waals surface area contributed by atoms with Gasteiger partial charge >= 0.3 is 0 Å². The maximum absolute atomic E-state index is 12.6. The summed E-state index contributed by atoms with van der Waals surface area (Å²) in [7, 11) is 0. The molecule has 0 radical (unpaired) electrons. The topological polar surface area (TPSA) is 48.1 Å². The van der Waals surface area contributed by atoms with Crippen molar-refractivity contribution in [1.82, 2.24) is 15.2 Å². The molecule has 1 unspecified atom stereocenters. The SMILES string of the molecule is C=CCN1CC(C(=O)NCCC)C[C@@H]2c3cccc4[nH]cc(c34)C[C@H]21. The predicted octanol–water partition coefficient (Wildman–Crippen LogP) is 3.21. The van der Waals surface area contributed by atoms with Crippen molar-refractivity contribution in [2.24, 2.45) is 5.92 Å². The molecule has 1 aromatic heterocycles. The molecule has 3 atom stereocenters. The Hall–Kier alpha value is -2.07. The van der Waals surface area contributed by atoms with Gasteiger partial charge in [0.05, 0.1) is 5.92 Å². The van der Waals surface area contributed by atoms with Crippen molar-refractivity contribution in [2.75, 3.05) is 19.6 Å². The van der Waals surface area contributed by atoms with Gasteiger partial charge in [0, 0.05) is 48.7 Å². The van der Waals surface area contributed by atoms with Crippen LogP contribution in [0, 0.1) is 5.92 Å². The summed E-state index contributed by atoms with van der Waals surface area (Å²) in [6.45, 7) is 8.47. The number of hydrogen-bond acceptors (Lipinski definition) is 2. The van der Waals surface area contributed by atoms with E-state index in [0.717, 1.165) is 38.9 Å². The normalized spacial score (nSPS) is 25.6. The van der Waals surface area contributed by atoms with Crippen LogP contribution in [0.15, 0.2) is 37.1 Å². The molecule has 0 saturated carbocycles. The number of carbonyl (C=O) groups is 1. The smallest absolute Gasteiger partial charge is 0.224 e. The van der Waals surface area contributed by atoms with E-state index >= 15 is 0 Å². The van der Waals surface area contributed by atoms with Crippen LogP contribution in [0.3, 0.4) is 0 Å². The highest BCUT2D eigenvalue weighted by Crippen LogP contribution is 2.44. The van der Waals surface area contributed by atoms with Gasteiger partial charge in [0.15, 0.2) is 0 Å². The molecule has 1 saturated heterocycles. The number of H-pyrrole nitrogens is 1. The second-order valence-electron chi connectivity index (χ2n) is 7.43. The van der Waals surface area contributed by atoms with Crippen LogP contribution in [0.25, 0.3) is 10.9 Å². The third-order valence-electron chi connectivity index (χ3n) is 5.86. The van der Waals surface area contributed by atoms with E-state index in [-0.39, 0.29) is 11.8 Å². The Bertz CT molecular complexity index is 794. The summed E-state index contributed by atoms with van der Waals surface area (Å²) in [5.41, 5.74) is 4.04. The summed E-state index contributed by atoms with van der Waals surface area (Å²) >= 11 is 0. The summed E-state index contributed by atoms with van der Waals surface area (Å²) in [5, 5.41) is 4.49. The van der Waals surface area contributed by atoms with Crippen LogP contribution in [0.4, 0.5) is 0 Å². The molecule has 0 bridgehead atoms. The van der Waals surface area contributed by atoms with E-state index in [1.807, 2.05) is 6.08 Å². The largest absolute Gasteiger partial charge is 0.361 e. The molecule has 1 aliphatic carbocycles. The summed E-state index contributed by atoms with van der Waals surface area (Å²) in [4.78, 5) is 18.5. The van der Waals surface area contributed by atoms with Crippen molar-refractivity contribution < 1.29 is 4.79 Å². The molecule has 1 aliphatic heterocycles. The number of benzene rings is 1. The predicted molar refractivity (Wildman–Crippen MR) is 102 cm³/mol. The number of hydrogen-bond donors (Lipinski definition) is 2. The van der Waals surface area contributed by atoms with Crippen LogP contribution in [0.1, 0.15) is 36.8 Å². The molecule has 1 aromatic carbocycles. The number of piperidine rings is 1. The number of nitrogens with one attached hydrogen (secondary N) is 2. The van der Waals surface area contributed by atoms with Gasteiger partial charge in [0.25, 0.3) is 0 Å². The zero-order valence-corrected chi connectivity index (χ0v) is 14.9. The lowest BCUT2D eigenvalue weighted by molar-refractivity contribution is -0.127. The Morgan fingerprint density at radius 3 is 3.16 bits per heavy atom. The van der Waals surface area contributed by atoms with E-state index in [0.29, 0.717) is 12.0 Å². The maximum atomic E-state index is 12.6. The molecule has 1 fully saturated rings. The highest BCUT2D eigenvalue weighted by atomic mass is 16.1. The molecule has 4 heteroatoms. The number of carbonyl (C=O) groups excluding carboxylic acids is 1. The average Bonchev–Trinajstić information content (AvgIpc) is 3.05. The lowest BCUT2D eigenvalue weighted by Gasteiger charge is -2.46. The van der Waals surface area contributed by atoms with E-state index < -0.39 is 0 Å². The van der Waals surface area contributed by atoms with Gasteiger partial charge in [-0.2, -0.15) is 0 Å². The molecule has 2 heterocycles. The van der Waals surface area contributed by atoms with Crippen molar-refractivity contribution in [3.05, 3.63) is 48.2 Å². The van der Waals surface area contributed by atoms with Gasteiger partial charge in [0.2, 0.25) is 5.91 Å². The fourth-order valence-corrected chi connectivity index (χ4v) is 4.76. The van der Waals surface area contributed by atoms with Crippen molar-refractivity contribution in [1.29, 1.82) is 0 Å². The molecule has 2 aromatic rings. The molecular formula is C21H27N3O. The van der Waals surface area contributed by atoms with Crippen LogP contribution < -0.4 is 5.32 Å². The van der Waals surface area contributed by atoms with Gasteiger partial charge in [0.1, 0.15) is 0 Å². The Kier molecular flexibility index (Phi) is 4.38. The van der Waals surface area contributed by atoms with Gasteiger partial charge < -0.3 is 10.3 Å². The monoisotopic (exact) mass is 337 g/mol. The van der Waals surface area contributed by atoms with Crippen LogP contribution in [-0.4, -0.2) is 41.5 Å². The van der Waals surface area contributed by atoms with E-state index in [4.69, 9.17) is 0 Å². The highest BCUT2D eigenvalue weighted by molar-refractivity contribution is 5.88. The molecule has 4 rings (SSSR count). The summed E-state index contributed by atoms with van der Waals surface area (Å²) in [6.07, 6.45) is 7.11. The van der Waals surface area contributed by atoms with E-state index in [9.17, 15) is 4.79 Å². The number of amides is 1. The number of aromatic amines is 1. The van der Waals surface area contributed by atoms with Crippen LogP contribution in [0.5, 0.6) is 0 Å². The number of rotatable bonds is 5. The van der Waals surface area contributed by atoms with Gasteiger partial charge in [-0.3, -0.25) is 9.69 Å². The van der Waals surface area contributed by atoms with E-state index in [1.54, 1.807) is 0 Å². The van der Waals surface area contributed by atoms with Gasteiger partial charge in [-0.1, -0.05) is 25.1 Å². The van der Waals surface area contributed by atoms with Crippen LogP contribution in [0.2, 0.25) is 0 Å². The maximum Gasteiger partial charge on any atom is 0.224 e. The Morgan fingerprint density at radius 1 is 1.48 bits per heavy atom. The molecule has 0 spiro atoms. The second-order valence-corrected chi connectivity index (χ2v) is 7.43. The first-order chi connectivity index (χ1) is 12.2. The lowest BCUT2D eigenvalue weighted by atomic mass is 9.72. The number of fused-ring (bicyclic) bond motifs is 2. The molecule has 132 valence electrons. The molecule has 2 aliphatic rings. The molecule has 25 heavy (non-hydrogen) atoms. The van der Waals surface area contributed by atoms with Gasteiger partial charge in [-0.15, -0.1) is 6.58 Å². The number of aromatic nitrogens is 1. The van der Waals surface area contributed by atoms with Gasteiger partial charge in [-0.05, 0) is 36.5 Å². The fraction of sp³-hybridized carbons (Fsp3) is 0.476. The number of nitrogens with zero attached hydrogens (tertiary/aromatic N) is 1. The number of likely N-dealkylation sites (tertiary alicyclic amines) is 1. The van der Waals surface area contributed by atoms with Crippen molar-refractivity contribution in [3.63, 3.8) is 0 Å². The molecule has 4 nitrogen and oxygen atoms in total. The minimum Gasteiger partial charge on any atom is -0.361 e. The second kappa shape index (κ2) is 6.68. The third kappa shape index (κ3) is 2.78.